The molecule has 1 N–H and O–H groups in total. The van der Waals surface area contributed by atoms with E-state index in [2.05, 4.69) is 4.99 Å². The number of hydrogen-bond donors (Lipinski definition) is 1. The average molecular weight is 402 g/mol. The summed E-state index contributed by atoms with van der Waals surface area (Å²) in [6.45, 7) is 0. The maximum absolute atomic E-state index is 12.2. The Morgan fingerprint density at radius 2 is 2.08 bits per heavy atom. The number of hydrogen-bond acceptors (Lipinski definition) is 5. The van der Waals surface area contributed by atoms with E-state index in [1.54, 1.807) is 40.4 Å². The fourth-order valence-electron chi connectivity index (χ4n) is 2.40. The third-order valence-electron chi connectivity index (χ3n) is 3.70. The van der Waals surface area contributed by atoms with Crippen molar-refractivity contribution < 1.29 is 9.21 Å². The molecule has 4 rings (SSSR count). The van der Waals surface area contributed by atoms with E-state index >= 15 is 0 Å². The van der Waals surface area contributed by atoms with Crippen LogP contribution in [0.4, 0.5) is 0 Å². The molecule has 0 saturated carbocycles. The lowest BCUT2D eigenvalue weighted by atomic mass is 10.1. The lowest BCUT2D eigenvalue weighted by Crippen LogP contribution is -2.35. The number of nitrogens with zero attached hydrogens (tertiary/aromatic N) is 2. The van der Waals surface area contributed by atoms with Gasteiger partial charge in [-0.25, -0.2) is 0 Å². The Hall–Kier alpha value is -2.22. The lowest BCUT2D eigenvalue weighted by Gasteiger charge is -2.21. The third-order valence-corrected chi connectivity index (χ3v) is 5.69. The molecule has 26 heavy (non-hydrogen) atoms. The molecule has 5 nitrogen and oxygen atoms in total. The number of amidine groups is 2. The van der Waals surface area contributed by atoms with Crippen LogP contribution in [-0.4, -0.2) is 21.8 Å². The van der Waals surface area contributed by atoms with Gasteiger partial charge in [0.1, 0.15) is 11.6 Å². The van der Waals surface area contributed by atoms with Gasteiger partial charge in [0.2, 0.25) is 0 Å². The number of fused-ring (bicyclic) bond motifs is 1. The molecule has 1 aromatic carbocycles. The number of amides is 1. The molecule has 0 fully saturated rings. The molecule has 2 aliphatic heterocycles. The molecule has 1 amide bonds. The summed E-state index contributed by atoms with van der Waals surface area (Å²) in [5.41, 5.74) is 1.35. The summed E-state index contributed by atoms with van der Waals surface area (Å²) in [4.78, 5) is 17.8. The number of benzene rings is 1. The van der Waals surface area contributed by atoms with Gasteiger partial charge in [0, 0.05) is 17.0 Å². The Balaban J connectivity index is 1.48. The van der Waals surface area contributed by atoms with Gasteiger partial charge in [0.05, 0.1) is 5.57 Å². The Bertz CT molecular complexity index is 977. The summed E-state index contributed by atoms with van der Waals surface area (Å²) in [5, 5.41) is 12.0. The fourth-order valence-corrected chi connectivity index (χ4v) is 4.05. The van der Waals surface area contributed by atoms with E-state index in [1.165, 1.54) is 11.8 Å². The molecule has 0 radical (unpaired) electrons. The number of nitrogens with one attached hydrogen (secondary N) is 1. The first-order valence-electron chi connectivity index (χ1n) is 7.63. The average Bonchev–Trinajstić information content (AvgIpc) is 3.27. The van der Waals surface area contributed by atoms with Crippen molar-refractivity contribution in [3.63, 3.8) is 0 Å². The Labute approximate surface area is 163 Å². The molecule has 130 valence electrons. The summed E-state index contributed by atoms with van der Waals surface area (Å²) in [7, 11) is 0. The first-order valence-corrected chi connectivity index (χ1v) is 9.88. The van der Waals surface area contributed by atoms with E-state index in [0.29, 0.717) is 16.0 Å². The van der Waals surface area contributed by atoms with Crippen LogP contribution >= 0.6 is 35.1 Å². The Kier molecular flexibility index (Phi) is 4.76. The number of halogens is 1. The molecule has 1 aromatic heterocycles. The zero-order valence-corrected chi connectivity index (χ0v) is 15.7. The molecule has 2 aromatic rings. The van der Waals surface area contributed by atoms with Crippen molar-refractivity contribution >= 4 is 58.1 Å². The SMILES string of the molecule is N=C1/C(=C/c2ccc(SCc3ccc(Cl)cc3)o2)C(=O)N=C2SC=CN12. The number of rotatable bonds is 4. The zero-order chi connectivity index (χ0) is 18.1. The molecule has 2 aliphatic rings. The van der Waals surface area contributed by atoms with Gasteiger partial charge in [-0.2, -0.15) is 4.99 Å². The molecule has 0 aliphatic carbocycles. The lowest BCUT2D eigenvalue weighted by molar-refractivity contribution is -0.114. The van der Waals surface area contributed by atoms with Gasteiger partial charge in [0.15, 0.2) is 10.3 Å². The number of thioether (sulfide) groups is 2. The van der Waals surface area contributed by atoms with E-state index in [9.17, 15) is 4.79 Å². The van der Waals surface area contributed by atoms with Crippen LogP contribution in [0.1, 0.15) is 11.3 Å². The van der Waals surface area contributed by atoms with Crippen LogP contribution in [0.15, 0.2) is 68.1 Å². The summed E-state index contributed by atoms with van der Waals surface area (Å²) >= 11 is 8.76. The minimum atomic E-state index is -0.427. The van der Waals surface area contributed by atoms with E-state index in [0.717, 1.165) is 16.4 Å². The highest BCUT2D eigenvalue weighted by atomic mass is 35.5. The molecule has 0 saturated heterocycles. The minimum absolute atomic E-state index is 0.105. The van der Waals surface area contributed by atoms with E-state index in [-0.39, 0.29) is 11.4 Å². The summed E-state index contributed by atoms with van der Waals surface area (Å²) in [6, 6.07) is 11.3. The fraction of sp³-hybridized carbons (Fsp3) is 0.0556. The smallest absolute Gasteiger partial charge is 0.283 e. The Morgan fingerprint density at radius 1 is 1.27 bits per heavy atom. The Morgan fingerprint density at radius 3 is 2.88 bits per heavy atom. The van der Waals surface area contributed by atoms with Gasteiger partial charge < -0.3 is 4.42 Å². The highest BCUT2D eigenvalue weighted by Crippen LogP contribution is 2.29. The van der Waals surface area contributed by atoms with E-state index in [4.69, 9.17) is 21.4 Å². The normalized spacial score (nSPS) is 17.8. The largest absolute Gasteiger partial charge is 0.450 e. The highest BCUT2D eigenvalue weighted by molar-refractivity contribution is 8.16. The zero-order valence-electron chi connectivity index (χ0n) is 13.3. The van der Waals surface area contributed by atoms with Crippen LogP contribution < -0.4 is 0 Å². The van der Waals surface area contributed by atoms with Crippen LogP contribution in [0.3, 0.4) is 0 Å². The number of carbonyl (C=O) groups excluding carboxylic acids is 1. The molecule has 0 unspecified atom stereocenters. The molecule has 3 heterocycles. The van der Waals surface area contributed by atoms with Crippen LogP contribution in [0, 0.1) is 5.41 Å². The van der Waals surface area contributed by atoms with Crippen LogP contribution in [0.2, 0.25) is 5.02 Å². The predicted molar refractivity (Wildman–Crippen MR) is 106 cm³/mol. The molecular formula is C18H12ClN3O2S2. The van der Waals surface area contributed by atoms with Crippen molar-refractivity contribution in [2.75, 3.05) is 0 Å². The molecule has 0 atom stereocenters. The van der Waals surface area contributed by atoms with Crippen molar-refractivity contribution in [3.05, 3.63) is 69.9 Å². The monoisotopic (exact) mass is 401 g/mol. The van der Waals surface area contributed by atoms with Crippen molar-refractivity contribution in [2.24, 2.45) is 4.99 Å². The van der Waals surface area contributed by atoms with Crippen LogP contribution in [0.25, 0.3) is 6.08 Å². The van der Waals surface area contributed by atoms with Gasteiger partial charge in [-0.3, -0.25) is 15.1 Å². The van der Waals surface area contributed by atoms with Gasteiger partial charge in [-0.15, -0.1) is 0 Å². The van der Waals surface area contributed by atoms with Crippen molar-refractivity contribution in [1.29, 1.82) is 5.41 Å². The standard InChI is InChI=1S/C18H12ClN3O2S2/c19-12-3-1-11(2-4-12)10-26-15-6-5-13(24-15)9-14-16(20)22-7-8-25-18(22)21-17(14)23/h1-9,20H,10H2/b14-9-,20-16?. The molecule has 0 bridgehead atoms. The van der Waals surface area contributed by atoms with Crippen LogP contribution in [-0.2, 0) is 10.5 Å². The van der Waals surface area contributed by atoms with Gasteiger partial charge >= 0.3 is 0 Å². The van der Waals surface area contributed by atoms with Crippen molar-refractivity contribution in [1.82, 2.24) is 4.90 Å². The van der Waals surface area contributed by atoms with Crippen molar-refractivity contribution in [2.45, 2.75) is 10.8 Å². The second-order valence-electron chi connectivity index (χ2n) is 5.45. The van der Waals surface area contributed by atoms with Gasteiger partial charge in [0.25, 0.3) is 5.91 Å². The second-order valence-corrected chi connectivity index (χ2v) is 7.74. The maximum atomic E-state index is 12.2. The van der Waals surface area contributed by atoms with Gasteiger partial charge in [-0.1, -0.05) is 47.3 Å². The third kappa shape index (κ3) is 3.51. The van der Waals surface area contributed by atoms with E-state index < -0.39 is 5.91 Å². The quantitative estimate of drug-likeness (QED) is 0.576. The molecular weight excluding hydrogens is 390 g/mol. The van der Waals surface area contributed by atoms with Gasteiger partial charge in [-0.05, 0) is 41.3 Å². The first-order chi connectivity index (χ1) is 12.6. The van der Waals surface area contributed by atoms with E-state index in [1.807, 2.05) is 30.3 Å². The molecule has 8 heteroatoms. The highest BCUT2D eigenvalue weighted by Gasteiger charge is 2.31. The van der Waals surface area contributed by atoms with Crippen LogP contribution in [0.5, 0.6) is 0 Å². The number of furan rings is 1. The number of carbonyl (C=O) groups is 1. The summed E-state index contributed by atoms with van der Waals surface area (Å²) in [6.07, 6.45) is 3.29. The second kappa shape index (κ2) is 7.19. The molecule has 0 spiro atoms. The number of aliphatic imine (C=N–C) groups is 1. The summed E-state index contributed by atoms with van der Waals surface area (Å²) < 4.78 is 5.76. The minimum Gasteiger partial charge on any atom is -0.450 e. The maximum Gasteiger partial charge on any atom is 0.283 e. The predicted octanol–water partition coefficient (Wildman–Crippen LogP) is 5.00. The topological polar surface area (TPSA) is 69.7 Å². The first kappa shape index (κ1) is 17.2. The summed E-state index contributed by atoms with van der Waals surface area (Å²) in [5.74, 6) is 0.947. The van der Waals surface area contributed by atoms with Crippen molar-refractivity contribution in [3.8, 4) is 0 Å².